The monoisotopic (exact) mass is 424 g/mol. The Morgan fingerprint density at radius 3 is 2.45 bits per heavy atom. The second kappa shape index (κ2) is 11.5. The van der Waals surface area contributed by atoms with E-state index in [-0.39, 0.29) is 24.0 Å². The zero-order valence-corrected chi connectivity index (χ0v) is 16.5. The fourth-order valence-electron chi connectivity index (χ4n) is 2.74. The highest BCUT2D eigenvalue weighted by Gasteiger charge is 2.21. The SMILES string of the molecule is CCNC(=NCC1CC1)NCC1CCN(CCOC)CC1.I. The lowest BCUT2D eigenvalue weighted by Gasteiger charge is -2.32. The minimum Gasteiger partial charge on any atom is -0.383 e. The van der Waals surface area contributed by atoms with Crippen LogP contribution >= 0.6 is 24.0 Å². The van der Waals surface area contributed by atoms with Crippen molar-refractivity contribution in [2.75, 3.05) is 53.0 Å². The molecule has 1 aliphatic carbocycles. The first-order chi connectivity index (χ1) is 10.3. The molecule has 0 spiro atoms. The molecule has 6 heteroatoms. The molecule has 0 aromatic heterocycles. The van der Waals surface area contributed by atoms with Gasteiger partial charge >= 0.3 is 0 Å². The van der Waals surface area contributed by atoms with Gasteiger partial charge in [-0.2, -0.15) is 0 Å². The maximum absolute atomic E-state index is 5.15. The molecule has 0 atom stereocenters. The highest BCUT2D eigenvalue weighted by molar-refractivity contribution is 14.0. The summed E-state index contributed by atoms with van der Waals surface area (Å²) in [6, 6.07) is 0. The number of ether oxygens (including phenoxy) is 1. The summed E-state index contributed by atoms with van der Waals surface area (Å²) in [4.78, 5) is 7.19. The zero-order chi connectivity index (χ0) is 14.9. The lowest BCUT2D eigenvalue weighted by molar-refractivity contribution is 0.121. The molecule has 0 bridgehead atoms. The first-order valence-electron chi connectivity index (χ1n) is 8.55. The van der Waals surface area contributed by atoms with Gasteiger partial charge in [-0.05, 0) is 57.5 Å². The molecule has 5 nitrogen and oxygen atoms in total. The second-order valence-corrected chi connectivity index (χ2v) is 6.32. The van der Waals surface area contributed by atoms with Crippen LogP contribution in [0.5, 0.6) is 0 Å². The van der Waals surface area contributed by atoms with E-state index >= 15 is 0 Å². The Labute approximate surface area is 152 Å². The molecule has 1 saturated heterocycles. The van der Waals surface area contributed by atoms with Crippen molar-refractivity contribution < 1.29 is 4.74 Å². The maximum Gasteiger partial charge on any atom is 0.191 e. The van der Waals surface area contributed by atoms with E-state index in [0.29, 0.717) is 0 Å². The molecule has 2 rings (SSSR count). The summed E-state index contributed by atoms with van der Waals surface area (Å²) in [6.07, 6.45) is 5.28. The van der Waals surface area contributed by atoms with E-state index in [2.05, 4.69) is 27.4 Å². The van der Waals surface area contributed by atoms with Crippen LogP contribution in [0.25, 0.3) is 0 Å². The molecular weight excluding hydrogens is 391 g/mol. The molecule has 0 aromatic carbocycles. The smallest absolute Gasteiger partial charge is 0.191 e. The summed E-state index contributed by atoms with van der Waals surface area (Å²) in [6.45, 7) is 9.42. The summed E-state index contributed by atoms with van der Waals surface area (Å²) < 4.78 is 5.15. The van der Waals surface area contributed by atoms with Gasteiger partial charge in [-0.3, -0.25) is 4.99 Å². The molecule has 130 valence electrons. The van der Waals surface area contributed by atoms with Gasteiger partial charge in [-0.15, -0.1) is 24.0 Å². The fourth-order valence-corrected chi connectivity index (χ4v) is 2.74. The molecular formula is C16H33IN4O. The Bertz CT molecular complexity index is 315. The molecule has 22 heavy (non-hydrogen) atoms. The number of nitrogens with one attached hydrogen (secondary N) is 2. The minimum absolute atomic E-state index is 0. The maximum atomic E-state index is 5.15. The van der Waals surface area contributed by atoms with E-state index in [9.17, 15) is 0 Å². The van der Waals surface area contributed by atoms with Crippen molar-refractivity contribution in [1.29, 1.82) is 0 Å². The van der Waals surface area contributed by atoms with Crippen LogP contribution < -0.4 is 10.6 Å². The first-order valence-corrected chi connectivity index (χ1v) is 8.55. The van der Waals surface area contributed by atoms with Gasteiger partial charge in [0.05, 0.1) is 6.61 Å². The Kier molecular flexibility index (Phi) is 10.4. The molecule has 0 unspecified atom stereocenters. The van der Waals surface area contributed by atoms with E-state index in [1.54, 1.807) is 7.11 Å². The van der Waals surface area contributed by atoms with Crippen LogP contribution in [0.4, 0.5) is 0 Å². The number of aliphatic imine (C=N–C) groups is 1. The van der Waals surface area contributed by atoms with Crippen LogP contribution in [0, 0.1) is 11.8 Å². The second-order valence-electron chi connectivity index (χ2n) is 6.32. The van der Waals surface area contributed by atoms with E-state index in [4.69, 9.17) is 4.74 Å². The number of hydrogen-bond acceptors (Lipinski definition) is 3. The number of halogens is 1. The van der Waals surface area contributed by atoms with Gasteiger partial charge in [0.15, 0.2) is 5.96 Å². The Hall–Kier alpha value is -0.0800. The number of likely N-dealkylation sites (tertiary alicyclic amines) is 1. The highest BCUT2D eigenvalue weighted by Crippen LogP contribution is 2.28. The third kappa shape index (κ3) is 7.97. The number of hydrogen-bond donors (Lipinski definition) is 2. The summed E-state index contributed by atoms with van der Waals surface area (Å²) >= 11 is 0. The van der Waals surface area contributed by atoms with E-state index in [1.807, 2.05) is 0 Å². The van der Waals surface area contributed by atoms with Gasteiger partial charge in [0.25, 0.3) is 0 Å². The third-order valence-corrected chi connectivity index (χ3v) is 4.43. The van der Waals surface area contributed by atoms with Crippen LogP contribution in [-0.4, -0.2) is 63.8 Å². The van der Waals surface area contributed by atoms with Gasteiger partial charge < -0.3 is 20.3 Å². The van der Waals surface area contributed by atoms with Crippen molar-refractivity contribution in [1.82, 2.24) is 15.5 Å². The molecule has 0 aromatic rings. The predicted octanol–water partition coefficient (Wildman–Crippen LogP) is 1.93. The highest BCUT2D eigenvalue weighted by atomic mass is 127. The quantitative estimate of drug-likeness (QED) is 0.355. The Morgan fingerprint density at radius 1 is 1.14 bits per heavy atom. The first kappa shape index (κ1) is 20.0. The molecule has 2 aliphatic rings. The number of rotatable bonds is 8. The molecule has 0 radical (unpaired) electrons. The van der Waals surface area contributed by atoms with E-state index in [1.165, 1.54) is 38.8 Å². The standard InChI is InChI=1S/C16H32N4O.HI/c1-3-17-16(18-12-14-4-5-14)19-13-15-6-8-20(9-7-15)10-11-21-2;/h14-15H,3-13H2,1-2H3,(H2,17,18,19);1H. The fraction of sp³-hybridized carbons (Fsp3) is 0.938. The summed E-state index contributed by atoms with van der Waals surface area (Å²) in [5.74, 6) is 2.63. The van der Waals surface area contributed by atoms with Gasteiger partial charge in [0.1, 0.15) is 0 Å². The van der Waals surface area contributed by atoms with Gasteiger partial charge in [0, 0.05) is 33.3 Å². The molecule has 1 heterocycles. The van der Waals surface area contributed by atoms with Crippen molar-refractivity contribution in [3.8, 4) is 0 Å². The Morgan fingerprint density at radius 2 is 1.86 bits per heavy atom. The molecule has 0 amide bonds. The lowest BCUT2D eigenvalue weighted by Crippen LogP contribution is -2.43. The van der Waals surface area contributed by atoms with Crippen molar-refractivity contribution in [3.63, 3.8) is 0 Å². The van der Waals surface area contributed by atoms with Crippen LogP contribution in [0.15, 0.2) is 4.99 Å². The van der Waals surface area contributed by atoms with Crippen LogP contribution in [-0.2, 0) is 4.74 Å². The van der Waals surface area contributed by atoms with E-state index < -0.39 is 0 Å². The van der Waals surface area contributed by atoms with Crippen molar-refractivity contribution in [3.05, 3.63) is 0 Å². The average molecular weight is 424 g/mol. The number of methoxy groups -OCH3 is 1. The largest absolute Gasteiger partial charge is 0.383 e. The number of nitrogens with zero attached hydrogens (tertiary/aromatic N) is 2. The number of piperidine rings is 1. The van der Waals surface area contributed by atoms with Crippen molar-refractivity contribution >= 4 is 29.9 Å². The Balaban J connectivity index is 0.00000242. The number of guanidine groups is 1. The topological polar surface area (TPSA) is 48.9 Å². The van der Waals surface area contributed by atoms with Crippen molar-refractivity contribution in [2.24, 2.45) is 16.8 Å². The predicted molar refractivity (Wildman–Crippen MR) is 103 cm³/mol. The van der Waals surface area contributed by atoms with Crippen LogP contribution in [0.1, 0.15) is 32.6 Å². The van der Waals surface area contributed by atoms with Gasteiger partial charge in [-0.25, -0.2) is 0 Å². The summed E-state index contributed by atoms with van der Waals surface area (Å²) in [7, 11) is 1.78. The minimum atomic E-state index is 0. The van der Waals surface area contributed by atoms with Gasteiger partial charge in [0.2, 0.25) is 0 Å². The zero-order valence-electron chi connectivity index (χ0n) is 14.1. The average Bonchev–Trinajstić information content (AvgIpc) is 3.33. The van der Waals surface area contributed by atoms with Crippen LogP contribution in [0.2, 0.25) is 0 Å². The molecule has 1 saturated carbocycles. The van der Waals surface area contributed by atoms with E-state index in [0.717, 1.165) is 50.6 Å². The summed E-state index contributed by atoms with van der Waals surface area (Å²) in [5, 5.41) is 6.88. The molecule has 1 aliphatic heterocycles. The summed E-state index contributed by atoms with van der Waals surface area (Å²) in [5.41, 5.74) is 0. The van der Waals surface area contributed by atoms with Crippen molar-refractivity contribution in [2.45, 2.75) is 32.6 Å². The van der Waals surface area contributed by atoms with Gasteiger partial charge in [-0.1, -0.05) is 0 Å². The lowest BCUT2D eigenvalue weighted by atomic mass is 9.97. The third-order valence-electron chi connectivity index (χ3n) is 4.43. The normalized spacial score (nSPS) is 20.5. The van der Waals surface area contributed by atoms with Crippen LogP contribution in [0.3, 0.4) is 0 Å². The molecule has 2 fully saturated rings. The molecule has 2 N–H and O–H groups in total.